The Kier molecular flexibility index (Phi) is 4.06. The van der Waals surface area contributed by atoms with E-state index in [1.165, 1.54) is 11.1 Å². The topological polar surface area (TPSA) is 29.9 Å². The van der Waals surface area contributed by atoms with Gasteiger partial charge in [0, 0.05) is 18.1 Å². The van der Waals surface area contributed by atoms with E-state index in [4.69, 9.17) is 0 Å². The zero-order valence-electron chi connectivity index (χ0n) is 11.8. The Hall–Kier alpha value is -2.07. The first kappa shape index (κ1) is 13.9. The molecule has 0 unspecified atom stereocenters. The smallest absolute Gasteiger partial charge is 0.203 e. The van der Waals surface area contributed by atoms with Crippen molar-refractivity contribution in [1.29, 1.82) is 0 Å². The zero-order valence-corrected chi connectivity index (χ0v) is 13.3. The molecule has 0 radical (unpaired) electrons. The van der Waals surface area contributed by atoms with Gasteiger partial charge in [0.2, 0.25) is 5.95 Å². The van der Waals surface area contributed by atoms with Crippen molar-refractivity contribution in [3.8, 4) is 11.3 Å². The summed E-state index contributed by atoms with van der Waals surface area (Å²) in [7, 11) is 2.03. The Morgan fingerprint density at radius 2 is 1.90 bits per heavy atom. The lowest BCUT2D eigenvalue weighted by molar-refractivity contribution is 0.906. The molecular formula is C17H16BrN3. The van der Waals surface area contributed by atoms with Crippen molar-refractivity contribution in [2.75, 3.05) is 5.32 Å². The van der Waals surface area contributed by atoms with Crippen molar-refractivity contribution < 1.29 is 0 Å². The van der Waals surface area contributed by atoms with Gasteiger partial charge in [0.15, 0.2) is 0 Å². The molecular weight excluding hydrogens is 326 g/mol. The van der Waals surface area contributed by atoms with E-state index < -0.39 is 0 Å². The third kappa shape index (κ3) is 3.16. The van der Waals surface area contributed by atoms with Crippen LogP contribution in [0.1, 0.15) is 5.56 Å². The van der Waals surface area contributed by atoms with Crippen molar-refractivity contribution in [1.82, 2.24) is 9.55 Å². The molecule has 3 aromatic rings. The lowest BCUT2D eigenvalue weighted by Gasteiger charge is -2.08. The van der Waals surface area contributed by atoms with Crippen LogP contribution in [-0.4, -0.2) is 9.55 Å². The molecule has 1 heterocycles. The fraction of sp³-hybridized carbons (Fsp3) is 0.118. The van der Waals surface area contributed by atoms with Crippen LogP contribution < -0.4 is 5.32 Å². The predicted octanol–water partition coefficient (Wildman–Crippen LogP) is 4.46. The van der Waals surface area contributed by atoms with E-state index in [0.29, 0.717) is 0 Å². The Labute approximate surface area is 132 Å². The van der Waals surface area contributed by atoms with E-state index in [9.17, 15) is 0 Å². The van der Waals surface area contributed by atoms with Gasteiger partial charge in [0.25, 0.3) is 0 Å². The number of nitrogens with zero attached hydrogens (tertiary/aromatic N) is 2. The first-order valence-corrected chi connectivity index (χ1v) is 7.59. The average Bonchev–Trinajstić information content (AvgIpc) is 2.87. The molecule has 0 aliphatic heterocycles. The largest absolute Gasteiger partial charge is 0.352 e. The van der Waals surface area contributed by atoms with Gasteiger partial charge in [0.05, 0.1) is 11.9 Å². The van der Waals surface area contributed by atoms with Crippen LogP contribution in [0.25, 0.3) is 11.3 Å². The van der Waals surface area contributed by atoms with Crippen LogP contribution in [0.2, 0.25) is 0 Å². The van der Waals surface area contributed by atoms with Gasteiger partial charge >= 0.3 is 0 Å². The lowest BCUT2D eigenvalue weighted by atomic mass is 10.2. The van der Waals surface area contributed by atoms with Crippen LogP contribution in [0.3, 0.4) is 0 Å². The number of hydrogen-bond acceptors (Lipinski definition) is 2. The van der Waals surface area contributed by atoms with Crippen molar-refractivity contribution in [2.45, 2.75) is 6.54 Å². The maximum atomic E-state index is 4.47. The Morgan fingerprint density at radius 1 is 1.10 bits per heavy atom. The highest BCUT2D eigenvalue weighted by atomic mass is 79.9. The summed E-state index contributed by atoms with van der Waals surface area (Å²) in [6.45, 7) is 0.749. The van der Waals surface area contributed by atoms with Gasteiger partial charge in [-0.15, -0.1) is 0 Å². The monoisotopic (exact) mass is 341 g/mol. The van der Waals surface area contributed by atoms with Crippen LogP contribution in [0, 0.1) is 0 Å². The maximum absolute atomic E-state index is 4.47. The molecule has 2 aromatic carbocycles. The standard InChI is InChI=1S/C17H16BrN3/c1-21-16(14-7-3-2-4-8-14)12-20-17(21)19-11-13-6-5-9-15(18)10-13/h2-10,12H,11H2,1H3,(H,19,20). The molecule has 0 spiro atoms. The molecule has 21 heavy (non-hydrogen) atoms. The Balaban J connectivity index is 1.77. The molecule has 0 bridgehead atoms. The highest BCUT2D eigenvalue weighted by molar-refractivity contribution is 9.10. The van der Waals surface area contributed by atoms with Crippen molar-refractivity contribution in [3.63, 3.8) is 0 Å². The van der Waals surface area contributed by atoms with Gasteiger partial charge < -0.3 is 9.88 Å². The van der Waals surface area contributed by atoms with E-state index >= 15 is 0 Å². The van der Waals surface area contributed by atoms with Crippen LogP contribution in [-0.2, 0) is 13.6 Å². The van der Waals surface area contributed by atoms with Gasteiger partial charge in [0.1, 0.15) is 0 Å². The Bertz CT molecular complexity index is 735. The highest BCUT2D eigenvalue weighted by Gasteiger charge is 2.07. The van der Waals surface area contributed by atoms with Crippen molar-refractivity contribution >= 4 is 21.9 Å². The summed E-state index contributed by atoms with van der Waals surface area (Å²) in [4.78, 5) is 4.47. The second-order valence-corrected chi connectivity index (χ2v) is 5.79. The summed E-state index contributed by atoms with van der Waals surface area (Å²) >= 11 is 3.49. The predicted molar refractivity (Wildman–Crippen MR) is 90.1 cm³/mol. The number of halogens is 1. The molecule has 0 aliphatic carbocycles. The number of nitrogens with one attached hydrogen (secondary N) is 1. The normalized spacial score (nSPS) is 10.6. The first-order valence-electron chi connectivity index (χ1n) is 6.79. The molecule has 3 nitrogen and oxygen atoms in total. The van der Waals surface area contributed by atoms with Gasteiger partial charge in [-0.25, -0.2) is 4.98 Å². The molecule has 3 rings (SSSR count). The molecule has 0 atom stereocenters. The highest BCUT2D eigenvalue weighted by Crippen LogP contribution is 2.22. The summed E-state index contributed by atoms with van der Waals surface area (Å²) in [5.41, 5.74) is 3.49. The quantitative estimate of drug-likeness (QED) is 0.759. The molecule has 1 N–H and O–H groups in total. The van der Waals surface area contributed by atoms with Gasteiger partial charge in [-0.2, -0.15) is 0 Å². The summed E-state index contributed by atoms with van der Waals surface area (Å²) in [6, 6.07) is 18.5. The number of rotatable bonds is 4. The van der Waals surface area contributed by atoms with Crippen molar-refractivity contribution in [3.05, 3.63) is 70.8 Å². The van der Waals surface area contributed by atoms with Crippen LogP contribution in [0.4, 0.5) is 5.95 Å². The number of anilines is 1. The van der Waals surface area contributed by atoms with Crippen molar-refractivity contribution in [2.24, 2.45) is 7.05 Å². The Morgan fingerprint density at radius 3 is 2.67 bits per heavy atom. The van der Waals surface area contributed by atoms with E-state index in [0.717, 1.165) is 22.7 Å². The lowest BCUT2D eigenvalue weighted by Crippen LogP contribution is -2.05. The second-order valence-electron chi connectivity index (χ2n) is 4.88. The molecule has 0 amide bonds. The summed E-state index contributed by atoms with van der Waals surface area (Å²) in [5.74, 6) is 0.869. The van der Waals surface area contributed by atoms with Gasteiger partial charge in [-0.1, -0.05) is 58.4 Å². The van der Waals surface area contributed by atoms with Gasteiger partial charge in [-0.3, -0.25) is 0 Å². The molecule has 0 fully saturated rings. The number of imidazole rings is 1. The molecule has 1 aromatic heterocycles. The van der Waals surface area contributed by atoms with Crippen LogP contribution in [0.15, 0.2) is 65.3 Å². The maximum Gasteiger partial charge on any atom is 0.203 e. The van der Waals surface area contributed by atoms with Gasteiger partial charge in [-0.05, 0) is 23.3 Å². The fourth-order valence-electron chi connectivity index (χ4n) is 2.28. The molecule has 0 saturated heterocycles. The number of benzene rings is 2. The minimum absolute atomic E-state index is 0.749. The van der Waals surface area contributed by atoms with Crippen LogP contribution >= 0.6 is 15.9 Å². The number of hydrogen-bond donors (Lipinski definition) is 1. The van der Waals surface area contributed by atoms with E-state index in [2.05, 4.69) is 55.1 Å². The SMILES string of the molecule is Cn1c(-c2ccccc2)cnc1NCc1cccc(Br)c1. The summed E-state index contributed by atoms with van der Waals surface area (Å²) in [5, 5.41) is 3.38. The molecule has 0 saturated carbocycles. The molecule has 106 valence electrons. The van der Waals surface area contributed by atoms with E-state index in [1.54, 1.807) is 0 Å². The zero-order chi connectivity index (χ0) is 14.7. The third-order valence-electron chi connectivity index (χ3n) is 3.40. The molecule has 4 heteroatoms. The number of aromatic nitrogens is 2. The fourth-order valence-corrected chi connectivity index (χ4v) is 2.73. The summed E-state index contributed by atoms with van der Waals surface area (Å²) < 4.78 is 3.17. The van der Waals surface area contributed by atoms with Crippen LogP contribution in [0.5, 0.6) is 0 Å². The third-order valence-corrected chi connectivity index (χ3v) is 3.89. The minimum Gasteiger partial charge on any atom is -0.352 e. The minimum atomic E-state index is 0.749. The second kappa shape index (κ2) is 6.14. The average molecular weight is 342 g/mol. The summed E-state index contributed by atoms with van der Waals surface area (Å²) in [6.07, 6.45) is 1.90. The van der Waals surface area contributed by atoms with E-state index in [1.807, 2.05) is 43.6 Å². The molecule has 0 aliphatic rings. The first-order chi connectivity index (χ1) is 10.2. The van der Waals surface area contributed by atoms with E-state index in [-0.39, 0.29) is 0 Å².